The van der Waals surface area contributed by atoms with Crippen LogP contribution in [-0.4, -0.2) is 26.1 Å². The maximum atomic E-state index is 5.81. The van der Waals surface area contributed by atoms with Gasteiger partial charge in [0, 0.05) is 19.5 Å². The van der Waals surface area contributed by atoms with Crippen molar-refractivity contribution in [3.63, 3.8) is 0 Å². The second-order valence-corrected chi connectivity index (χ2v) is 5.05. The lowest BCUT2D eigenvalue weighted by Gasteiger charge is -2.07. The molecule has 0 amide bonds. The third kappa shape index (κ3) is 2.97. The van der Waals surface area contributed by atoms with E-state index in [0.717, 1.165) is 30.9 Å². The van der Waals surface area contributed by atoms with Crippen LogP contribution in [-0.2, 0) is 13.0 Å². The lowest BCUT2D eigenvalue weighted by Crippen LogP contribution is -2.11. The van der Waals surface area contributed by atoms with Gasteiger partial charge in [-0.2, -0.15) is 0 Å². The number of fused-ring (bicyclic) bond motifs is 1. The summed E-state index contributed by atoms with van der Waals surface area (Å²) >= 11 is 5.81. The number of hydrogen-bond acceptors (Lipinski definition) is 4. The average molecular weight is 302 g/mol. The number of hydrogen-bond donors (Lipinski definition) is 1. The number of benzene rings is 1. The minimum atomic E-state index is 0.390. The fourth-order valence-corrected chi connectivity index (χ4v) is 2.55. The number of aryl methyl sites for hydroxylation is 1. The smallest absolute Gasteiger partial charge is 0.149 e. The van der Waals surface area contributed by atoms with Crippen molar-refractivity contribution in [3.05, 3.63) is 47.6 Å². The van der Waals surface area contributed by atoms with Gasteiger partial charge >= 0.3 is 0 Å². The Kier molecular flexibility index (Phi) is 4.01. The van der Waals surface area contributed by atoms with Gasteiger partial charge in [0.2, 0.25) is 0 Å². The SMILES string of the molecule is CCn1c(CCNc2cncc(Cl)n2)nc2ccccc21. The molecule has 0 saturated carbocycles. The van der Waals surface area contributed by atoms with E-state index in [2.05, 4.69) is 32.8 Å². The summed E-state index contributed by atoms with van der Waals surface area (Å²) in [6, 6.07) is 8.20. The first-order valence-corrected chi connectivity index (χ1v) is 7.31. The highest BCUT2D eigenvalue weighted by Gasteiger charge is 2.08. The topological polar surface area (TPSA) is 55.6 Å². The normalized spacial score (nSPS) is 11.0. The summed E-state index contributed by atoms with van der Waals surface area (Å²) in [6.07, 6.45) is 3.99. The number of halogens is 1. The number of imidazole rings is 1. The Hall–Kier alpha value is -2.14. The van der Waals surface area contributed by atoms with Crippen molar-refractivity contribution in [2.45, 2.75) is 19.9 Å². The molecule has 1 N–H and O–H groups in total. The number of nitrogens with zero attached hydrogens (tertiary/aromatic N) is 4. The second kappa shape index (κ2) is 6.10. The molecule has 2 heterocycles. The van der Waals surface area contributed by atoms with Crippen LogP contribution in [0.4, 0.5) is 5.82 Å². The first kappa shape index (κ1) is 13.8. The van der Waals surface area contributed by atoms with E-state index in [1.807, 2.05) is 18.2 Å². The quantitative estimate of drug-likeness (QED) is 0.786. The molecule has 108 valence electrons. The summed E-state index contributed by atoms with van der Waals surface area (Å²) < 4.78 is 2.24. The fourth-order valence-electron chi connectivity index (χ4n) is 2.40. The second-order valence-electron chi connectivity index (χ2n) is 4.66. The van der Waals surface area contributed by atoms with E-state index in [0.29, 0.717) is 11.0 Å². The zero-order chi connectivity index (χ0) is 14.7. The fraction of sp³-hybridized carbons (Fsp3) is 0.267. The summed E-state index contributed by atoms with van der Waals surface area (Å²) in [5.74, 6) is 1.75. The number of aromatic nitrogens is 4. The van der Waals surface area contributed by atoms with Gasteiger partial charge < -0.3 is 9.88 Å². The highest BCUT2D eigenvalue weighted by molar-refractivity contribution is 6.29. The van der Waals surface area contributed by atoms with E-state index in [1.165, 1.54) is 11.7 Å². The molecule has 0 atom stereocenters. The van der Waals surface area contributed by atoms with Gasteiger partial charge in [0.15, 0.2) is 0 Å². The van der Waals surface area contributed by atoms with Gasteiger partial charge in [-0.3, -0.25) is 4.98 Å². The Labute approximate surface area is 128 Å². The molecule has 0 radical (unpaired) electrons. The lowest BCUT2D eigenvalue weighted by molar-refractivity contribution is 0.716. The van der Waals surface area contributed by atoms with Crippen molar-refractivity contribution in [2.75, 3.05) is 11.9 Å². The molecule has 0 saturated heterocycles. The number of anilines is 1. The highest BCUT2D eigenvalue weighted by atomic mass is 35.5. The predicted octanol–water partition coefficient (Wildman–Crippen LogP) is 3.15. The molecule has 0 bridgehead atoms. The average Bonchev–Trinajstić information content (AvgIpc) is 2.84. The van der Waals surface area contributed by atoms with Gasteiger partial charge in [0.25, 0.3) is 0 Å². The Morgan fingerprint density at radius 1 is 1.19 bits per heavy atom. The van der Waals surface area contributed by atoms with Crippen LogP contribution in [0.2, 0.25) is 5.15 Å². The van der Waals surface area contributed by atoms with Gasteiger partial charge in [-0.25, -0.2) is 9.97 Å². The maximum Gasteiger partial charge on any atom is 0.149 e. The van der Waals surface area contributed by atoms with Gasteiger partial charge in [-0.15, -0.1) is 0 Å². The molecule has 3 rings (SSSR count). The molecular weight excluding hydrogens is 286 g/mol. The van der Waals surface area contributed by atoms with Crippen LogP contribution >= 0.6 is 11.6 Å². The molecule has 6 heteroatoms. The minimum absolute atomic E-state index is 0.390. The molecule has 0 spiro atoms. The zero-order valence-corrected chi connectivity index (χ0v) is 12.5. The Bertz CT molecular complexity index is 753. The Morgan fingerprint density at radius 2 is 2.05 bits per heavy atom. The lowest BCUT2D eigenvalue weighted by atomic mass is 10.3. The van der Waals surface area contributed by atoms with Crippen LogP contribution < -0.4 is 5.32 Å². The molecule has 21 heavy (non-hydrogen) atoms. The molecule has 1 aromatic carbocycles. The van der Waals surface area contributed by atoms with Crippen molar-refractivity contribution < 1.29 is 0 Å². The number of nitrogens with one attached hydrogen (secondary N) is 1. The van der Waals surface area contributed by atoms with Gasteiger partial charge in [0.05, 0.1) is 23.4 Å². The molecule has 3 aromatic rings. The van der Waals surface area contributed by atoms with E-state index in [9.17, 15) is 0 Å². The number of rotatable bonds is 5. The van der Waals surface area contributed by atoms with E-state index >= 15 is 0 Å². The van der Waals surface area contributed by atoms with Gasteiger partial charge in [-0.05, 0) is 19.1 Å². The van der Waals surface area contributed by atoms with Crippen LogP contribution in [0.1, 0.15) is 12.7 Å². The Balaban J connectivity index is 1.73. The first-order chi connectivity index (χ1) is 10.3. The summed E-state index contributed by atoms with van der Waals surface area (Å²) in [5.41, 5.74) is 2.22. The highest BCUT2D eigenvalue weighted by Crippen LogP contribution is 2.16. The third-order valence-corrected chi connectivity index (χ3v) is 3.49. The van der Waals surface area contributed by atoms with Crippen molar-refractivity contribution in [1.82, 2.24) is 19.5 Å². The number of para-hydroxylation sites is 2. The molecule has 0 fully saturated rings. The predicted molar refractivity (Wildman–Crippen MR) is 84.6 cm³/mol. The summed E-state index contributed by atoms with van der Waals surface area (Å²) in [5, 5.41) is 3.61. The Morgan fingerprint density at radius 3 is 2.86 bits per heavy atom. The van der Waals surface area contributed by atoms with Gasteiger partial charge in [-0.1, -0.05) is 23.7 Å². The summed E-state index contributed by atoms with van der Waals surface area (Å²) in [6.45, 7) is 3.78. The standard InChI is InChI=1S/C15H16ClN5/c1-2-21-12-6-4-3-5-11(12)19-15(21)7-8-18-14-10-17-9-13(16)20-14/h3-6,9-10H,2,7-8H2,1H3,(H,18,20). The molecular formula is C15H16ClN5. The zero-order valence-electron chi connectivity index (χ0n) is 11.8. The molecule has 2 aromatic heterocycles. The van der Waals surface area contributed by atoms with Crippen LogP contribution in [0.15, 0.2) is 36.7 Å². The van der Waals surface area contributed by atoms with Crippen molar-refractivity contribution in [2.24, 2.45) is 0 Å². The van der Waals surface area contributed by atoms with E-state index in [1.54, 1.807) is 6.20 Å². The van der Waals surface area contributed by atoms with E-state index < -0.39 is 0 Å². The molecule has 0 aliphatic rings. The van der Waals surface area contributed by atoms with Crippen molar-refractivity contribution in [1.29, 1.82) is 0 Å². The van der Waals surface area contributed by atoms with Crippen LogP contribution in [0.3, 0.4) is 0 Å². The molecule has 0 aliphatic heterocycles. The van der Waals surface area contributed by atoms with Crippen molar-refractivity contribution in [3.8, 4) is 0 Å². The molecule has 0 unspecified atom stereocenters. The summed E-state index contributed by atoms with van der Waals surface area (Å²) in [4.78, 5) is 12.8. The first-order valence-electron chi connectivity index (χ1n) is 6.93. The third-order valence-electron chi connectivity index (χ3n) is 3.31. The largest absolute Gasteiger partial charge is 0.368 e. The van der Waals surface area contributed by atoms with Gasteiger partial charge in [0.1, 0.15) is 16.8 Å². The summed E-state index contributed by atoms with van der Waals surface area (Å²) in [7, 11) is 0. The van der Waals surface area contributed by atoms with Crippen LogP contribution in [0.5, 0.6) is 0 Å². The minimum Gasteiger partial charge on any atom is -0.368 e. The van der Waals surface area contributed by atoms with Crippen LogP contribution in [0, 0.1) is 0 Å². The van der Waals surface area contributed by atoms with Crippen molar-refractivity contribution >= 4 is 28.5 Å². The maximum absolute atomic E-state index is 5.81. The van der Waals surface area contributed by atoms with E-state index in [-0.39, 0.29) is 0 Å². The van der Waals surface area contributed by atoms with E-state index in [4.69, 9.17) is 16.6 Å². The monoisotopic (exact) mass is 301 g/mol. The van der Waals surface area contributed by atoms with Crippen LogP contribution in [0.25, 0.3) is 11.0 Å². The molecule has 5 nitrogen and oxygen atoms in total. The molecule has 0 aliphatic carbocycles.